The first kappa shape index (κ1) is 19.7. The van der Waals surface area contributed by atoms with E-state index in [1.54, 1.807) is 6.07 Å². The van der Waals surface area contributed by atoms with E-state index >= 15 is 0 Å². The Labute approximate surface area is 164 Å². The molecule has 27 heavy (non-hydrogen) atoms. The van der Waals surface area contributed by atoms with Crippen molar-refractivity contribution in [2.45, 2.75) is 51.0 Å². The van der Waals surface area contributed by atoms with Gasteiger partial charge in [-0.15, -0.1) is 0 Å². The van der Waals surface area contributed by atoms with E-state index in [1.165, 1.54) is 0 Å². The maximum Gasteiger partial charge on any atom is 0.325 e. The van der Waals surface area contributed by atoms with Crippen LogP contribution in [0.5, 0.6) is 0 Å². The fourth-order valence-corrected chi connectivity index (χ4v) is 4.19. The maximum atomic E-state index is 12.8. The topological polar surface area (TPSA) is 78.5 Å². The number of imide groups is 1. The van der Waals surface area contributed by atoms with E-state index in [-0.39, 0.29) is 18.4 Å². The van der Waals surface area contributed by atoms with E-state index in [0.717, 1.165) is 29.7 Å². The van der Waals surface area contributed by atoms with E-state index in [9.17, 15) is 14.4 Å². The molecule has 1 aliphatic carbocycles. The van der Waals surface area contributed by atoms with Crippen LogP contribution in [0.1, 0.15) is 44.6 Å². The first-order chi connectivity index (χ1) is 12.9. The fourth-order valence-electron chi connectivity index (χ4n) is 3.98. The minimum absolute atomic E-state index is 0.237. The lowest BCUT2D eigenvalue weighted by atomic mass is 9.75. The second kappa shape index (κ2) is 8.30. The van der Waals surface area contributed by atoms with Crippen molar-refractivity contribution >= 4 is 29.4 Å². The molecule has 0 atom stereocenters. The van der Waals surface area contributed by atoms with Gasteiger partial charge in [0, 0.05) is 11.6 Å². The van der Waals surface area contributed by atoms with Crippen molar-refractivity contribution in [3.8, 4) is 0 Å². The Morgan fingerprint density at radius 1 is 1.33 bits per heavy atom. The Kier molecular flexibility index (Phi) is 6.05. The summed E-state index contributed by atoms with van der Waals surface area (Å²) in [5.41, 5.74) is 0.216. The highest BCUT2D eigenvalue weighted by molar-refractivity contribution is 6.30. The van der Waals surface area contributed by atoms with Crippen LogP contribution in [0.4, 0.5) is 4.79 Å². The van der Waals surface area contributed by atoms with E-state index in [1.807, 2.05) is 18.2 Å². The van der Waals surface area contributed by atoms with E-state index in [4.69, 9.17) is 11.6 Å². The van der Waals surface area contributed by atoms with Crippen LogP contribution in [0, 0.1) is 5.92 Å². The van der Waals surface area contributed by atoms with Crippen LogP contribution >= 0.6 is 11.6 Å². The van der Waals surface area contributed by atoms with Gasteiger partial charge in [0.2, 0.25) is 5.91 Å². The Bertz CT molecular complexity index is 729. The zero-order valence-corrected chi connectivity index (χ0v) is 16.3. The number of benzene rings is 1. The zero-order chi connectivity index (χ0) is 19.4. The Morgan fingerprint density at radius 3 is 2.74 bits per heavy atom. The van der Waals surface area contributed by atoms with Gasteiger partial charge in [-0.25, -0.2) is 4.79 Å². The summed E-state index contributed by atoms with van der Waals surface area (Å²) in [6.45, 7) is 2.34. The molecule has 1 aromatic carbocycles. The molecule has 1 saturated carbocycles. The van der Waals surface area contributed by atoms with Crippen LogP contribution in [-0.2, 0) is 16.0 Å². The molecule has 6 nitrogen and oxygen atoms in total. The zero-order valence-electron chi connectivity index (χ0n) is 15.6. The number of rotatable bonds is 6. The van der Waals surface area contributed by atoms with Crippen LogP contribution in [0.2, 0.25) is 5.02 Å². The van der Waals surface area contributed by atoms with Crippen molar-refractivity contribution < 1.29 is 14.4 Å². The Hall–Kier alpha value is -2.08. The van der Waals surface area contributed by atoms with Gasteiger partial charge in [-0.3, -0.25) is 14.5 Å². The van der Waals surface area contributed by atoms with Crippen LogP contribution in [0.25, 0.3) is 0 Å². The summed E-state index contributed by atoms with van der Waals surface area (Å²) in [6, 6.07) is 6.98. The third-order valence-corrected chi connectivity index (χ3v) is 5.94. The molecular weight excluding hydrogens is 366 g/mol. The molecule has 1 aromatic rings. The van der Waals surface area contributed by atoms with Crippen LogP contribution < -0.4 is 10.6 Å². The number of hydrogen-bond acceptors (Lipinski definition) is 3. The normalized spacial score (nSPS) is 25.0. The van der Waals surface area contributed by atoms with Crippen molar-refractivity contribution in [1.82, 2.24) is 15.5 Å². The van der Waals surface area contributed by atoms with Gasteiger partial charge in [-0.1, -0.05) is 37.1 Å². The molecule has 1 spiro atoms. The van der Waals surface area contributed by atoms with Gasteiger partial charge in [0.15, 0.2) is 0 Å². The first-order valence-electron chi connectivity index (χ1n) is 9.59. The molecular formula is C20H26ClN3O3. The minimum atomic E-state index is -0.802. The summed E-state index contributed by atoms with van der Waals surface area (Å²) < 4.78 is 0. The van der Waals surface area contributed by atoms with Crippen LogP contribution in [-0.4, -0.2) is 41.4 Å². The highest BCUT2D eigenvalue weighted by Crippen LogP contribution is 2.37. The summed E-state index contributed by atoms with van der Waals surface area (Å²) in [7, 11) is 0. The Morgan fingerprint density at radius 2 is 2.07 bits per heavy atom. The molecule has 4 amide bonds. The molecule has 3 rings (SSSR count). The molecule has 2 fully saturated rings. The fraction of sp³-hybridized carbons (Fsp3) is 0.550. The molecule has 1 aliphatic heterocycles. The summed E-state index contributed by atoms with van der Waals surface area (Å²) in [5.74, 6) is 0.0241. The summed E-state index contributed by atoms with van der Waals surface area (Å²) >= 11 is 5.94. The SMILES string of the molecule is CCC1CCC2(CC1)NC(=O)N(CC(=O)NCCc1cccc(Cl)c1)C2=O. The lowest BCUT2D eigenvalue weighted by Gasteiger charge is -2.34. The molecule has 0 radical (unpaired) electrons. The first-order valence-corrected chi connectivity index (χ1v) is 9.96. The summed E-state index contributed by atoms with van der Waals surface area (Å²) in [6.07, 6.45) is 4.90. The monoisotopic (exact) mass is 391 g/mol. The number of nitrogens with zero attached hydrogens (tertiary/aromatic N) is 1. The van der Waals surface area contributed by atoms with Crippen LogP contribution in [0.3, 0.4) is 0 Å². The highest BCUT2D eigenvalue weighted by Gasteiger charge is 2.52. The second-order valence-electron chi connectivity index (χ2n) is 7.49. The number of carbonyl (C=O) groups is 3. The lowest BCUT2D eigenvalue weighted by molar-refractivity contribution is -0.136. The largest absolute Gasteiger partial charge is 0.354 e. The minimum Gasteiger partial charge on any atom is -0.354 e. The predicted octanol–water partition coefficient (Wildman–Crippen LogP) is 2.89. The third-order valence-electron chi connectivity index (χ3n) is 5.71. The summed E-state index contributed by atoms with van der Waals surface area (Å²) in [4.78, 5) is 38.3. The van der Waals surface area contributed by atoms with Crippen LogP contribution in [0.15, 0.2) is 24.3 Å². The van der Waals surface area contributed by atoms with Gasteiger partial charge in [-0.05, 0) is 55.7 Å². The second-order valence-corrected chi connectivity index (χ2v) is 7.92. The van der Waals surface area contributed by atoms with E-state index in [2.05, 4.69) is 17.6 Å². The highest BCUT2D eigenvalue weighted by atomic mass is 35.5. The number of carbonyl (C=O) groups excluding carboxylic acids is 3. The van der Waals surface area contributed by atoms with Gasteiger partial charge >= 0.3 is 6.03 Å². The van der Waals surface area contributed by atoms with Gasteiger partial charge in [0.05, 0.1) is 0 Å². The number of hydrogen-bond donors (Lipinski definition) is 2. The molecule has 2 aliphatic rings. The van der Waals surface area contributed by atoms with Crippen molar-refractivity contribution in [2.24, 2.45) is 5.92 Å². The standard InChI is InChI=1S/C20H26ClN3O3/c1-2-14-6-9-20(10-7-14)18(26)24(19(27)23-20)13-17(25)22-11-8-15-4-3-5-16(21)12-15/h3-5,12,14H,2,6-11,13H2,1H3,(H,22,25)(H,23,27). The number of halogens is 1. The van der Waals surface area contributed by atoms with Gasteiger partial charge in [0.1, 0.15) is 12.1 Å². The summed E-state index contributed by atoms with van der Waals surface area (Å²) in [5, 5.41) is 6.27. The van der Waals surface area contributed by atoms with Gasteiger partial charge in [-0.2, -0.15) is 0 Å². The van der Waals surface area contributed by atoms with Crippen molar-refractivity contribution in [3.05, 3.63) is 34.9 Å². The number of urea groups is 1. The molecule has 1 heterocycles. The van der Waals surface area contributed by atoms with Gasteiger partial charge in [0.25, 0.3) is 5.91 Å². The number of amides is 4. The maximum absolute atomic E-state index is 12.8. The average molecular weight is 392 g/mol. The molecule has 0 aromatic heterocycles. The van der Waals surface area contributed by atoms with Crippen molar-refractivity contribution in [2.75, 3.05) is 13.1 Å². The van der Waals surface area contributed by atoms with Gasteiger partial charge < -0.3 is 10.6 Å². The van der Waals surface area contributed by atoms with E-state index in [0.29, 0.717) is 36.7 Å². The average Bonchev–Trinajstić information content (AvgIpc) is 2.87. The molecule has 0 bridgehead atoms. The molecule has 2 N–H and O–H groups in total. The van der Waals surface area contributed by atoms with Crippen molar-refractivity contribution in [1.29, 1.82) is 0 Å². The predicted molar refractivity (Wildman–Crippen MR) is 103 cm³/mol. The third kappa shape index (κ3) is 4.43. The Balaban J connectivity index is 1.50. The molecule has 7 heteroatoms. The smallest absolute Gasteiger partial charge is 0.325 e. The van der Waals surface area contributed by atoms with Crippen molar-refractivity contribution in [3.63, 3.8) is 0 Å². The molecule has 0 unspecified atom stereocenters. The van der Waals surface area contributed by atoms with E-state index < -0.39 is 11.6 Å². The quantitative estimate of drug-likeness (QED) is 0.732. The molecule has 1 saturated heterocycles. The molecule has 146 valence electrons. The lowest BCUT2D eigenvalue weighted by Crippen LogP contribution is -2.50. The number of nitrogens with one attached hydrogen (secondary N) is 2.